The van der Waals surface area contributed by atoms with Crippen LogP contribution in [-0.2, 0) is 25.7 Å². The van der Waals surface area contributed by atoms with Gasteiger partial charge in [0.25, 0.3) is 0 Å². The maximum Gasteiger partial charge on any atom is 0.410 e. The standard InChI is InChI=1S/C22H30N3O5/c1-15(2)12-18(20(27)23-16(3)13-26)24-21(28)19-10-7-11-25(19)22(29)30-14-17-8-5-4-6-9-17/h4-6,8-9,15-16,18-19H,7,10-12,14H2,1-3H3,(H,23,27)(H,24,28)/t16-,18-,19-/m0/s1. The van der Waals surface area contributed by atoms with E-state index in [1.54, 1.807) is 6.29 Å². The fourth-order valence-electron chi connectivity index (χ4n) is 3.37. The first kappa shape index (κ1) is 23.4. The molecule has 3 amide bonds. The highest BCUT2D eigenvalue weighted by atomic mass is 16.6. The van der Waals surface area contributed by atoms with Gasteiger partial charge in [-0.15, -0.1) is 0 Å². The van der Waals surface area contributed by atoms with E-state index in [9.17, 15) is 19.2 Å². The zero-order valence-corrected chi connectivity index (χ0v) is 17.7. The van der Waals surface area contributed by atoms with E-state index in [1.165, 1.54) is 11.8 Å². The van der Waals surface area contributed by atoms with E-state index in [-0.39, 0.29) is 12.5 Å². The summed E-state index contributed by atoms with van der Waals surface area (Å²) in [5.74, 6) is -0.691. The summed E-state index contributed by atoms with van der Waals surface area (Å²) >= 11 is 0. The second kappa shape index (κ2) is 11.3. The highest BCUT2D eigenvalue weighted by Crippen LogP contribution is 2.20. The number of hydrogen-bond acceptors (Lipinski definition) is 5. The number of amides is 3. The Kier molecular flexibility index (Phi) is 8.83. The first-order valence-electron chi connectivity index (χ1n) is 10.3. The Balaban J connectivity index is 1.98. The van der Waals surface area contributed by atoms with Crippen molar-refractivity contribution in [3.63, 3.8) is 0 Å². The zero-order valence-electron chi connectivity index (χ0n) is 17.7. The largest absolute Gasteiger partial charge is 0.445 e. The van der Waals surface area contributed by atoms with Crippen molar-refractivity contribution in [3.05, 3.63) is 35.9 Å². The summed E-state index contributed by atoms with van der Waals surface area (Å²) in [6, 6.07) is 7.06. The summed E-state index contributed by atoms with van der Waals surface area (Å²) in [6.45, 7) is 5.93. The minimum absolute atomic E-state index is 0.128. The number of rotatable bonds is 9. The summed E-state index contributed by atoms with van der Waals surface area (Å²) in [5, 5.41) is 5.27. The highest BCUT2D eigenvalue weighted by molar-refractivity contribution is 5.92. The van der Waals surface area contributed by atoms with Gasteiger partial charge in [-0.05, 0) is 37.7 Å². The molecule has 8 nitrogen and oxygen atoms in total. The van der Waals surface area contributed by atoms with Crippen LogP contribution in [0, 0.1) is 5.92 Å². The zero-order chi connectivity index (χ0) is 22.1. The van der Waals surface area contributed by atoms with Crippen molar-refractivity contribution in [2.75, 3.05) is 6.54 Å². The Labute approximate surface area is 177 Å². The van der Waals surface area contributed by atoms with Crippen molar-refractivity contribution < 1.29 is 23.9 Å². The molecule has 1 aromatic carbocycles. The second-order valence-electron chi connectivity index (χ2n) is 7.93. The molecule has 3 atom stereocenters. The van der Waals surface area contributed by atoms with Crippen molar-refractivity contribution >= 4 is 24.2 Å². The molecule has 1 heterocycles. The molecular weight excluding hydrogens is 386 g/mol. The molecule has 0 saturated carbocycles. The molecule has 8 heteroatoms. The molecule has 0 bridgehead atoms. The molecule has 2 rings (SSSR count). The van der Waals surface area contributed by atoms with Crippen molar-refractivity contribution in [3.8, 4) is 0 Å². The van der Waals surface area contributed by atoms with Gasteiger partial charge in [0.05, 0.1) is 6.04 Å². The fourth-order valence-corrected chi connectivity index (χ4v) is 3.37. The topological polar surface area (TPSA) is 105 Å². The van der Waals surface area contributed by atoms with E-state index in [4.69, 9.17) is 4.74 Å². The predicted molar refractivity (Wildman–Crippen MR) is 111 cm³/mol. The highest BCUT2D eigenvalue weighted by Gasteiger charge is 2.37. The molecule has 163 valence electrons. The second-order valence-corrected chi connectivity index (χ2v) is 7.93. The molecule has 1 radical (unpaired) electrons. The predicted octanol–water partition coefficient (Wildman–Crippen LogP) is 1.93. The average molecular weight is 416 g/mol. The number of hydrogen-bond donors (Lipinski definition) is 2. The van der Waals surface area contributed by atoms with Crippen LogP contribution in [0.15, 0.2) is 30.3 Å². The molecule has 1 fully saturated rings. The Morgan fingerprint density at radius 2 is 1.87 bits per heavy atom. The molecule has 30 heavy (non-hydrogen) atoms. The van der Waals surface area contributed by atoms with Crippen LogP contribution in [0.5, 0.6) is 0 Å². The summed E-state index contributed by atoms with van der Waals surface area (Å²) < 4.78 is 5.36. The van der Waals surface area contributed by atoms with Crippen LogP contribution in [0.1, 0.15) is 45.6 Å². The van der Waals surface area contributed by atoms with Gasteiger partial charge in [-0.25, -0.2) is 4.79 Å². The third kappa shape index (κ3) is 6.86. The van der Waals surface area contributed by atoms with Crippen LogP contribution in [-0.4, -0.2) is 53.8 Å². The Morgan fingerprint density at radius 3 is 2.50 bits per heavy atom. The van der Waals surface area contributed by atoms with Crippen LogP contribution in [0.25, 0.3) is 0 Å². The number of ether oxygens (including phenoxy) is 1. The van der Waals surface area contributed by atoms with Gasteiger partial charge in [-0.1, -0.05) is 44.2 Å². The maximum absolute atomic E-state index is 12.9. The van der Waals surface area contributed by atoms with E-state index < -0.39 is 36.0 Å². The van der Waals surface area contributed by atoms with E-state index in [2.05, 4.69) is 10.6 Å². The van der Waals surface area contributed by atoms with Gasteiger partial charge in [-0.2, -0.15) is 0 Å². The quantitative estimate of drug-likeness (QED) is 0.640. The monoisotopic (exact) mass is 416 g/mol. The minimum atomic E-state index is -0.795. The lowest BCUT2D eigenvalue weighted by molar-refractivity contribution is -0.131. The van der Waals surface area contributed by atoms with Gasteiger partial charge in [0.1, 0.15) is 18.7 Å². The number of nitrogens with one attached hydrogen (secondary N) is 2. The number of carbonyl (C=O) groups excluding carboxylic acids is 4. The molecule has 2 N–H and O–H groups in total. The normalized spacial score (nSPS) is 17.9. The number of benzene rings is 1. The molecule has 1 aromatic rings. The molecule has 0 aliphatic carbocycles. The number of carbonyl (C=O) groups is 3. The smallest absolute Gasteiger partial charge is 0.410 e. The summed E-state index contributed by atoms with van der Waals surface area (Å²) in [4.78, 5) is 50.0. The lowest BCUT2D eigenvalue weighted by atomic mass is 10.0. The van der Waals surface area contributed by atoms with Gasteiger partial charge in [0, 0.05) is 6.54 Å². The third-order valence-corrected chi connectivity index (χ3v) is 4.87. The first-order valence-corrected chi connectivity index (χ1v) is 10.3. The maximum atomic E-state index is 12.9. The van der Waals surface area contributed by atoms with E-state index in [1.807, 2.05) is 44.2 Å². The van der Waals surface area contributed by atoms with Crippen LogP contribution in [0.3, 0.4) is 0 Å². The minimum Gasteiger partial charge on any atom is -0.445 e. The Hall–Kier alpha value is -2.90. The summed E-state index contributed by atoms with van der Waals surface area (Å²) in [7, 11) is 0. The number of nitrogens with zero attached hydrogens (tertiary/aromatic N) is 1. The van der Waals surface area contributed by atoms with E-state index >= 15 is 0 Å². The first-order chi connectivity index (χ1) is 14.3. The van der Waals surface area contributed by atoms with E-state index in [0.29, 0.717) is 25.8 Å². The summed E-state index contributed by atoms with van der Waals surface area (Å²) in [5.41, 5.74) is 0.862. The van der Waals surface area contributed by atoms with Crippen molar-refractivity contribution in [1.29, 1.82) is 0 Å². The van der Waals surface area contributed by atoms with Gasteiger partial charge in [0.2, 0.25) is 18.1 Å². The van der Waals surface area contributed by atoms with Crippen LogP contribution in [0.4, 0.5) is 4.79 Å². The van der Waals surface area contributed by atoms with Gasteiger partial charge in [0.15, 0.2) is 0 Å². The molecule has 1 aliphatic heterocycles. The molecule has 1 aliphatic rings. The Morgan fingerprint density at radius 1 is 1.17 bits per heavy atom. The van der Waals surface area contributed by atoms with Crippen LogP contribution >= 0.6 is 0 Å². The van der Waals surface area contributed by atoms with Gasteiger partial charge >= 0.3 is 6.09 Å². The number of likely N-dealkylation sites (tertiary alicyclic amines) is 1. The van der Waals surface area contributed by atoms with Crippen LogP contribution < -0.4 is 10.6 Å². The molecule has 0 spiro atoms. The fraction of sp³-hybridized carbons (Fsp3) is 0.545. The van der Waals surface area contributed by atoms with Gasteiger partial charge < -0.3 is 15.4 Å². The molecular formula is C22H30N3O5. The average Bonchev–Trinajstić information content (AvgIpc) is 3.22. The van der Waals surface area contributed by atoms with Crippen molar-refractivity contribution in [2.45, 2.75) is 64.8 Å². The van der Waals surface area contributed by atoms with Crippen molar-refractivity contribution in [1.82, 2.24) is 15.5 Å². The lowest BCUT2D eigenvalue weighted by Crippen LogP contribution is -2.54. The van der Waals surface area contributed by atoms with Gasteiger partial charge in [-0.3, -0.25) is 19.3 Å². The lowest BCUT2D eigenvalue weighted by Gasteiger charge is -2.26. The SMILES string of the molecule is CC(C)C[C@H](NC(=O)[C@@H]1CCCN1C(=O)OCc1ccccc1)C(=O)N[C@@H](C)[C]=O. The van der Waals surface area contributed by atoms with E-state index in [0.717, 1.165) is 5.56 Å². The van der Waals surface area contributed by atoms with Crippen LogP contribution in [0.2, 0.25) is 0 Å². The third-order valence-electron chi connectivity index (χ3n) is 4.87. The molecule has 0 unspecified atom stereocenters. The molecule has 1 saturated heterocycles. The Bertz CT molecular complexity index is 738. The molecule has 0 aromatic heterocycles. The van der Waals surface area contributed by atoms with Crippen molar-refractivity contribution in [2.24, 2.45) is 5.92 Å². The summed E-state index contributed by atoms with van der Waals surface area (Å²) in [6.07, 6.45) is 2.74.